The largest absolute Gasteiger partial charge is 0.370 e. The Bertz CT molecular complexity index is 693. The van der Waals surface area contributed by atoms with Crippen molar-refractivity contribution in [3.63, 3.8) is 0 Å². The van der Waals surface area contributed by atoms with Crippen LogP contribution in [0.15, 0.2) is 36.9 Å². The van der Waals surface area contributed by atoms with Gasteiger partial charge in [-0.25, -0.2) is 18.6 Å². The van der Waals surface area contributed by atoms with Crippen molar-refractivity contribution in [1.82, 2.24) is 19.8 Å². The summed E-state index contributed by atoms with van der Waals surface area (Å²) in [6.07, 6.45) is 4.56. The molecule has 2 aromatic rings. The molecule has 1 fully saturated rings. The van der Waals surface area contributed by atoms with Crippen LogP contribution < -0.4 is 5.32 Å². The highest BCUT2D eigenvalue weighted by Crippen LogP contribution is 2.25. The number of carbonyl (C=O) groups excluding carboxylic acids is 1. The molecule has 1 aliphatic rings. The molecule has 1 aliphatic heterocycles. The summed E-state index contributed by atoms with van der Waals surface area (Å²) in [5, 5.41) is 2.82. The molecule has 8 heteroatoms. The van der Waals surface area contributed by atoms with E-state index >= 15 is 0 Å². The molecular formula is C16H18F2N4O2. The molecule has 0 aliphatic carbocycles. The Morgan fingerprint density at radius 3 is 3.04 bits per heavy atom. The summed E-state index contributed by atoms with van der Waals surface area (Å²) in [6.45, 7) is 2.03. The van der Waals surface area contributed by atoms with Crippen LogP contribution in [-0.4, -0.2) is 46.7 Å². The number of hydrogen-bond acceptors (Lipinski definition) is 3. The van der Waals surface area contributed by atoms with E-state index in [1.54, 1.807) is 17.4 Å². The summed E-state index contributed by atoms with van der Waals surface area (Å²) in [7, 11) is 0. The van der Waals surface area contributed by atoms with E-state index in [-0.39, 0.29) is 18.1 Å². The predicted octanol–water partition coefficient (Wildman–Crippen LogP) is 1.94. The lowest BCUT2D eigenvalue weighted by molar-refractivity contribution is -0.0171. The van der Waals surface area contributed by atoms with E-state index in [1.165, 1.54) is 12.1 Å². The first kappa shape index (κ1) is 16.4. The molecule has 1 N–H and O–H groups in total. The number of hydrogen-bond donors (Lipinski definition) is 1. The van der Waals surface area contributed by atoms with Crippen molar-refractivity contribution in [2.24, 2.45) is 0 Å². The molecule has 0 saturated carbocycles. The smallest absolute Gasteiger partial charge is 0.317 e. The summed E-state index contributed by atoms with van der Waals surface area (Å²) in [6, 6.07) is 3.13. The summed E-state index contributed by atoms with van der Waals surface area (Å²) in [4.78, 5) is 17.7. The van der Waals surface area contributed by atoms with Crippen molar-refractivity contribution in [3.8, 4) is 0 Å². The Morgan fingerprint density at radius 2 is 2.29 bits per heavy atom. The Labute approximate surface area is 138 Å². The van der Waals surface area contributed by atoms with Crippen LogP contribution in [0.1, 0.15) is 11.7 Å². The predicted molar refractivity (Wildman–Crippen MR) is 82.2 cm³/mol. The molecule has 2 amide bonds. The van der Waals surface area contributed by atoms with E-state index < -0.39 is 17.7 Å². The van der Waals surface area contributed by atoms with Crippen molar-refractivity contribution in [3.05, 3.63) is 54.1 Å². The van der Waals surface area contributed by atoms with E-state index in [4.69, 9.17) is 4.74 Å². The maximum absolute atomic E-state index is 13.9. The van der Waals surface area contributed by atoms with E-state index in [2.05, 4.69) is 10.3 Å². The third kappa shape index (κ3) is 3.88. The molecule has 1 aromatic heterocycles. The van der Waals surface area contributed by atoms with Crippen LogP contribution in [0.2, 0.25) is 0 Å². The lowest BCUT2D eigenvalue weighted by Gasteiger charge is -2.33. The molecule has 128 valence electrons. The quantitative estimate of drug-likeness (QED) is 0.928. The number of morpholine rings is 1. The van der Waals surface area contributed by atoms with Gasteiger partial charge in [0.2, 0.25) is 0 Å². The fourth-order valence-corrected chi connectivity index (χ4v) is 2.61. The SMILES string of the molecule is O=C(NCCn1ccnc1)N1CCOC(c2ccc(F)cc2F)C1. The molecule has 1 unspecified atom stereocenters. The first-order chi connectivity index (χ1) is 11.6. The maximum Gasteiger partial charge on any atom is 0.317 e. The monoisotopic (exact) mass is 336 g/mol. The second-order valence-corrected chi connectivity index (χ2v) is 5.50. The molecule has 24 heavy (non-hydrogen) atoms. The van der Waals surface area contributed by atoms with Crippen LogP contribution in [0.5, 0.6) is 0 Å². The Hall–Kier alpha value is -2.48. The maximum atomic E-state index is 13.9. The van der Waals surface area contributed by atoms with E-state index in [0.717, 1.165) is 6.07 Å². The number of urea groups is 1. The van der Waals surface area contributed by atoms with Gasteiger partial charge >= 0.3 is 6.03 Å². The minimum absolute atomic E-state index is 0.222. The molecule has 3 rings (SSSR count). The van der Waals surface area contributed by atoms with Crippen LogP contribution in [0, 0.1) is 11.6 Å². The second-order valence-electron chi connectivity index (χ2n) is 5.50. The number of rotatable bonds is 4. The van der Waals surface area contributed by atoms with Crippen LogP contribution in [0.25, 0.3) is 0 Å². The first-order valence-electron chi connectivity index (χ1n) is 7.68. The van der Waals surface area contributed by atoms with Gasteiger partial charge in [0.05, 0.1) is 19.5 Å². The number of imidazole rings is 1. The molecule has 1 saturated heterocycles. The Kier molecular flexibility index (Phi) is 5.05. The van der Waals surface area contributed by atoms with Gasteiger partial charge in [0.1, 0.15) is 17.7 Å². The topological polar surface area (TPSA) is 59.4 Å². The van der Waals surface area contributed by atoms with Crippen LogP contribution >= 0.6 is 0 Å². The van der Waals surface area contributed by atoms with E-state index in [1.807, 2.05) is 10.8 Å². The fraction of sp³-hybridized carbons (Fsp3) is 0.375. The van der Waals surface area contributed by atoms with E-state index in [0.29, 0.717) is 26.2 Å². The first-order valence-corrected chi connectivity index (χ1v) is 7.68. The third-order valence-electron chi connectivity index (χ3n) is 3.87. The highest BCUT2D eigenvalue weighted by Gasteiger charge is 2.27. The highest BCUT2D eigenvalue weighted by atomic mass is 19.1. The van der Waals surface area contributed by atoms with Gasteiger partial charge in [-0.15, -0.1) is 0 Å². The zero-order chi connectivity index (χ0) is 16.9. The van der Waals surface area contributed by atoms with Gasteiger partial charge in [0, 0.05) is 43.7 Å². The highest BCUT2D eigenvalue weighted by molar-refractivity contribution is 5.74. The number of aromatic nitrogens is 2. The minimum Gasteiger partial charge on any atom is -0.370 e. The molecule has 1 aromatic carbocycles. The Morgan fingerprint density at radius 1 is 1.42 bits per heavy atom. The number of amides is 2. The normalized spacial score (nSPS) is 17.8. The number of nitrogens with zero attached hydrogens (tertiary/aromatic N) is 3. The molecular weight excluding hydrogens is 318 g/mol. The van der Waals surface area contributed by atoms with Crippen molar-refractivity contribution < 1.29 is 18.3 Å². The molecule has 2 heterocycles. The van der Waals surface area contributed by atoms with Crippen molar-refractivity contribution in [2.75, 3.05) is 26.2 Å². The summed E-state index contributed by atoms with van der Waals surface area (Å²) in [5.74, 6) is -1.30. The molecule has 1 atom stereocenters. The van der Waals surface area contributed by atoms with E-state index in [9.17, 15) is 13.6 Å². The second kappa shape index (κ2) is 7.39. The van der Waals surface area contributed by atoms with Crippen LogP contribution in [0.4, 0.5) is 13.6 Å². The number of ether oxygens (including phenoxy) is 1. The van der Waals surface area contributed by atoms with Crippen molar-refractivity contribution >= 4 is 6.03 Å². The zero-order valence-electron chi connectivity index (χ0n) is 13.0. The zero-order valence-corrected chi connectivity index (χ0v) is 13.0. The average molecular weight is 336 g/mol. The van der Waals surface area contributed by atoms with Crippen LogP contribution in [-0.2, 0) is 11.3 Å². The summed E-state index contributed by atoms with van der Waals surface area (Å²) in [5.41, 5.74) is 0.257. The number of carbonyl (C=O) groups is 1. The van der Waals surface area contributed by atoms with Crippen molar-refractivity contribution in [1.29, 1.82) is 0 Å². The molecule has 0 bridgehead atoms. The van der Waals surface area contributed by atoms with Crippen LogP contribution in [0.3, 0.4) is 0 Å². The lowest BCUT2D eigenvalue weighted by Crippen LogP contribution is -2.47. The van der Waals surface area contributed by atoms with Gasteiger partial charge in [-0.1, -0.05) is 6.07 Å². The molecule has 0 radical (unpaired) electrons. The summed E-state index contributed by atoms with van der Waals surface area (Å²) < 4.78 is 34.3. The summed E-state index contributed by atoms with van der Waals surface area (Å²) >= 11 is 0. The molecule has 0 spiro atoms. The Balaban J connectivity index is 1.55. The van der Waals surface area contributed by atoms with Gasteiger partial charge in [0.15, 0.2) is 0 Å². The standard InChI is InChI=1S/C16H18F2N4O2/c17-12-1-2-13(14(18)9-12)15-10-22(7-8-24-15)16(23)20-4-6-21-5-3-19-11-21/h1-3,5,9,11,15H,4,6-8,10H2,(H,20,23). The van der Waals surface area contributed by atoms with Gasteiger partial charge in [-0.3, -0.25) is 0 Å². The fourth-order valence-electron chi connectivity index (χ4n) is 2.61. The number of benzene rings is 1. The van der Waals surface area contributed by atoms with Gasteiger partial charge in [-0.2, -0.15) is 0 Å². The minimum atomic E-state index is -0.664. The average Bonchev–Trinajstić information content (AvgIpc) is 3.08. The molecule has 6 nitrogen and oxygen atoms in total. The number of nitrogens with one attached hydrogen (secondary N) is 1. The lowest BCUT2D eigenvalue weighted by atomic mass is 10.1. The van der Waals surface area contributed by atoms with Gasteiger partial charge in [0.25, 0.3) is 0 Å². The van der Waals surface area contributed by atoms with Gasteiger partial charge < -0.3 is 19.5 Å². The van der Waals surface area contributed by atoms with Crippen molar-refractivity contribution in [2.45, 2.75) is 12.6 Å². The number of halogens is 2. The van der Waals surface area contributed by atoms with Gasteiger partial charge in [-0.05, 0) is 6.07 Å². The third-order valence-corrected chi connectivity index (χ3v) is 3.87.